The highest BCUT2D eigenvalue weighted by atomic mass is 32.2. The van der Waals surface area contributed by atoms with Gasteiger partial charge in [0, 0.05) is 0 Å². The smallest absolute Gasteiger partial charge is 0.416 e. The van der Waals surface area contributed by atoms with Gasteiger partial charge in [0.25, 0.3) is 0 Å². The second kappa shape index (κ2) is 6.13. The fraction of sp³-hybridized carbons (Fsp3) is 0.133. The summed E-state index contributed by atoms with van der Waals surface area (Å²) in [5.41, 5.74) is -2.01. The lowest BCUT2D eigenvalue weighted by molar-refractivity contribution is -0.137. The van der Waals surface area contributed by atoms with Crippen LogP contribution < -0.4 is 4.74 Å². The molecule has 0 saturated heterocycles. The third-order valence-electron chi connectivity index (χ3n) is 3.13. The van der Waals surface area contributed by atoms with E-state index in [2.05, 4.69) is 0 Å². The van der Waals surface area contributed by atoms with Crippen molar-refractivity contribution in [3.05, 3.63) is 53.3 Å². The maximum atomic E-state index is 13.6. The molecule has 0 atom stereocenters. The maximum Gasteiger partial charge on any atom is 0.416 e. The Bertz CT molecular complexity index is 931. The number of nitriles is 1. The molecule has 0 bridgehead atoms. The van der Waals surface area contributed by atoms with E-state index < -0.39 is 42.7 Å². The van der Waals surface area contributed by atoms with Gasteiger partial charge in [-0.3, -0.25) is 0 Å². The minimum atomic E-state index is -4.81. The van der Waals surface area contributed by atoms with Crippen molar-refractivity contribution in [1.82, 2.24) is 0 Å². The van der Waals surface area contributed by atoms with Crippen molar-refractivity contribution in [1.29, 1.82) is 5.26 Å². The number of halogens is 4. The van der Waals surface area contributed by atoms with Crippen molar-refractivity contribution < 1.29 is 30.7 Å². The summed E-state index contributed by atoms with van der Waals surface area (Å²) in [6.45, 7) is 0. The van der Waals surface area contributed by atoms with E-state index in [0.717, 1.165) is 31.4 Å². The quantitative estimate of drug-likeness (QED) is 0.786. The fourth-order valence-corrected chi connectivity index (χ4v) is 3.45. The Morgan fingerprint density at radius 3 is 2.38 bits per heavy atom. The van der Waals surface area contributed by atoms with E-state index in [9.17, 15) is 26.0 Å². The number of benzene rings is 2. The minimum Gasteiger partial charge on any atom is -0.497 e. The van der Waals surface area contributed by atoms with E-state index in [1.165, 1.54) is 6.07 Å². The highest BCUT2D eigenvalue weighted by Gasteiger charge is 2.34. The van der Waals surface area contributed by atoms with Crippen molar-refractivity contribution in [3.63, 3.8) is 0 Å². The summed E-state index contributed by atoms with van der Waals surface area (Å²) >= 11 is 0. The average molecular weight is 359 g/mol. The maximum absolute atomic E-state index is 13.6. The molecule has 126 valence electrons. The van der Waals surface area contributed by atoms with Crippen LogP contribution in [0.5, 0.6) is 5.75 Å². The van der Waals surface area contributed by atoms with Crippen LogP contribution in [0.4, 0.5) is 17.6 Å². The van der Waals surface area contributed by atoms with Gasteiger partial charge in [-0.2, -0.15) is 18.4 Å². The van der Waals surface area contributed by atoms with Crippen molar-refractivity contribution >= 4 is 9.84 Å². The molecule has 0 spiro atoms. The summed E-state index contributed by atoms with van der Waals surface area (Å²) in [4.78, 5) is -1.47. The molecule has 0 aliphatic rings. The highest BCUT2D eigenvalue weighted by Crippen LogP contribution is 2.35. The van der Waals surface area contributed by atoms with Crippen LogP contribution in [0.15, 0.2) is 46.2 Å². The molecule has 4 nitrogen and oxygen atoms in total. The molecule has 24 heavy (non-hydrogen) atoms. The van der Waals surface area contributed by atoms with E-state index in [4.69, 9.17) is 10.00 Å². The second-order valence-corrected chi connectivity index (χ2v) is 6.54. The molecule has 2 rings (SSSR count). The number of sulfone groups is 1. The van der Waals surface area contributed by atoms with E-state index in [1.54, 1.807) is 0 Å². The molecule has 0 fully saturated rings. The zero-order valence-corrected chi connectivity index (χ0v) is 12.9. The zero-order chi connectivity index (χ0) is 18.1. The van der Waals surface area contributed by atoms with Crippen LogP contribution in [0.3, 0.4) is 0 Å². The molecule has 2 aromatic rings. The first-order valence-corrected chi connectivity index (χ1v) is 7.79. The summed E-state index contributed by atoms with van der Waals surface area (Å²) in [6.07, 6.45) is -4.81. The Hall–Kier alpha value is -2.60. The van der Waals surface area contributed by atoms with Gasteiger partial charge in [-0.05, 0) is 30.3 Å². The Labute approximate surface area is 134 Å². The van der Waals surface area contributed by atoms with Crippen LogP contribution in [-0.4, -0.2) is 15.5 Å². The van der Waals surface area contributed by atoms with Gasteiger partial charge in [0.1, 0.15) is 23.2 Å². The minimum absolute atomic E-state index is 0.335. The lowest BCUT2D eigenvalue weighted by atomic mass is 10.2. The van der Waals surface area contributed by atoms with Crippen LogP contribution in [0.2, 0.25) is 0 Å². The number of nitrogens with zero attached hydrogens (tertiary/aromatic N) is 1. The third kappa shape index (κ3) is 3.19. The van der Waals surface area contributed by atoms with Gasteiger partial charge in [0.2, 0.25) is 9.84 Å². The Morgan fingerprint density at radius 1 is 1.17 bits per heavy atom. The van der Waals surface area contributed by atoms with Gasteiger partial charge < -0.3 is 4.74 Å². The first-order chi connectivity index (χ1) is 11.1. The van der Waals surface area contributed by atoms with Gasteiger partial charge in [-0.15, -0.1) is 0 Å². The molecule has 0 aliphatic carbocycles. The molecule has 0 aromatic heterocycles. The first kappa shape index (κ1) is 17.7. The van der Waals surface area contributed by atoms with Crippen LogP contribution >= 0.6 is 0 Å². The molecule has 0 radical (unpaired) electrons. The largest absolute Gasteiger partial charge is 0.497 e. The standard InChI is InChI=1S/C15H9F4NO3S/c1-23-10-5-9(15(17,18)19)6-11(7-10)24(21,22)14-4-2-3-13(16)12(14)8-20/h2-7H,1H3. The molecule has 0 amide bonds. The number of rotatable bonds is 3. The number of ether oxygens (including phenoxy) is 1. The first-order valence-electron chi connectivity index (χ1n) is 6.31. The Balaban J connectivity index is 2.76. The lowest BCUT2D eigenvalue weighted by Gasteiger charge is -2.13. The lowest BCUT2D eigenvalue weighted by Crippen LogP contribution is -2.10. The molecular formula is C15H9F4NO3S. The van der Waals surface area contributed by atoms with Gasteiger partial charge in [0.15, 0.2) is 0 Å². The molecule has 0 heterocycles. The highest BCUT2D eigenvalue weighted by molar-refractivity contribution is 7.91. The molecular weight excluding hydrogens is 350 g/mol. The topological polar surface area (TPSA) is 67.2 Å². The molecule has 0 saturated carbocycles. The van der Waals surface area contributed by atoms with Crippen LogP contribution in [0, 0.1) is 17.1 Å². The van der Waals surface area contributed by atoms with E-state index in [1.807, 2.05) is 0 Å². The zero-order valence-electron chi connectivity index (χ0n) is 12.1. The van der Waals surface area contributed by atoms with Gasteiger partial charge in [-0.1, -0.05) is 6.07 Å². The number of hydrogen-bond donors (Lipinski definition) is 0. The van der Waals surface area contributed by atoms with Gasteiger partial charge >= 0.3 is 6.18 Å². The normalized spacial score (nSPS) is 11.8. The Morgan fingerprint density at radius 2 is 1.83 bits per heavy atom. The molecule has 0 N–H and O–H groups in total. The predicted octanol–water partition coefficient (Wildman–Crippen LogP) is 3.56. The summed E-state index contributed by atoms with van der Waals surface area (Å²) in [6, 6.07) is 6.20. The van der Waals surface area contributed by atoms with Crippen LogP contribution in [0.1, 0.15) is 11.1 Å². The number of alkyl halides is 3. The fourth-order valence-electron chi connectivity index (χ4n) is 1.97. The third-order valence-corrected chi connectivity index (χ3v) is 4.91. The van der Waals surface area contributed by atoms with Crippen LogP contribution in [-0.2, 0) is 16.0 Å². The van der Waals surface area contributed by atoms with E-state index in [-0.39, 0.29) is 5.75 Å². The molecule has 0 aliphatic heterocycles. The predicted molar refractivity (Wildman–Crippen MR) is 74.6 cm³/mol. The van der Waals surface area contributed by atoms with Crippen LogP contribution in [0.25, 0.3) is 0 Å². The Kier molecular flexibility index (Phi) is 4.53. The monoisotopic (exact) mass is 359 g/mol. The number of methoxy groups -OCH3 is 1. The van der Waals surface area contributed by atoms with Gasteiger partial charge in [-0.25, -0.2) is 12.8 Å². The van der Waals surface area contributed by atoms with Gasteiger partial charge in [0.05, 0.1) is 22.5 Å². The van der Waals surface area contributed by atoms with E-state index in [0.29, 0.717) is 12.1 Å². The summed E-state index contributed by atoms with van der Waals surface area (Å²) < 4.78 is 82.2. The van der Waals surface area contributed by atoms with Crippen molar-refractivity contribution in [3.8, 4) is 11.8 Å². The van der Waals surface area contributed by atoms with E-state index >= 15 is 0 Å². The SMILES string of the molecule is COc1cc(C(F)(F)F)cc(S(=O)(=O)c2cccc(F)c2C#N)c1. The summed E-state index contributed by atoms with van der Waals surface area (Å²) in [5.74, 6) is -1.42. The molecule has 2 aromatic carbocycles. The number of hydrogen-bond acceptors (Lipinski definition) is 4. The second-order valence-electron chi connectivity index (χ2n) is 4.62. The van der Waals surface area contributed by atoms with Crippen molar-refractivity contribution in [2.75, 3.05) is 7.11 Å². The van der Waals surface area contributed by atoms with Crippen molar-refractivity contribution in [2.45, 2.75) is 16.0 Å². The molecule has 0 unspecified atom stereocenters. The molecule has 9 heteroatoms. The summed E-state index contributed by atoms with van der Waals surface area (Å²) in [5, 5.41) is 8.93. The van der Waals surface area contributed by atoms with Crippen molar-refractivity contribution in [2.24, 2.45) is 0 Å². The summed E-state index contributed by atoms with van der Waals surface area (Å²) in [7, 11) is -3.48. The average Bonchev–Trinajstić information content (AvgIpc) is 2.53.